The Morgan fingerprint density at radius 2 is 1.75 bits per heavy atom. The monoisotopic (exact) mass is 202 g/mol. The van der Waals surface area contributed by atoms with Gasteiger partial charge < -0.3 is 0 Å². The van der Waals surface area contributed by atoms with Crippen LogP contribution >= 0.6 is 0 Å². The third kappa shape index (κ3) is 1.22. The normalized spacial score (nSPS) is 14.5. The van der Waals surface area contributed by atoms with Crippen LogP contribution in [0.5, 0.6) is 0 Å². The Balaban J connectivity index is 3.69. The van der Waals surface area contributed by atoms with Gasteiger partial charge in [-0.25, -0.2) is 0 Å². The van der Waals surface area contributed by atoms with Crippen LogP contribution in [0.1, 0.15) is 6.42 Å². The molecule has 3 nitrogen and oxygen atoms in total. The van der Waals surface area contributed by atoms with Crippen molar-refractivity contribution in [3.8, 4) is 0 Å². The number of carbonyl (C=O) groups excluding carboxylic acids is 3. The van der Waals surface area contributed by atoms with Gasteiger partial charge in [0, 0.05) is 0 Å². The van der Waals surface area contributed by atoms with E-state index in [2.05, 4.69) is 0 Å². The number of rotatable bonds is 1. The Morgan fingerprint density at radius 3 is 2.08 bits per heavy atom. The van der Waals surface area contributed by atoms with Crippen LogP contribution in [0.25, 0.3) is 0 Å². The van der Waals surface area contributed by atoms with Gasteiger partial charge in [-0.05, 0) is 0 Å². The molecule has 12 heavy (non-hydrogen) atoms. The van der Waals surface area contributed by atoms with Gasteiger partial charge in [-0.1, -0.05) is 0 Å². The molecule has 0 atom stereocenters. The first kappa shape index (κ1) is 8.85. The van der Waals surface area contributed by atoms with Gasteiger partial charge >= 0.3 is 69.5 Å². The molecule has 4 heteroatoms. The molecule has 0 aromatic carbocycles. The molecule has 0 spiro atoms. The zero-order chi connectivity index (χ0) is 9.03. The second-order valence-corrected chi connectivity index (χ2v) is 6.08. The van der Waals surface area contributed by atoms with Crippen molar-refractivity contribution >= 4 is 14.2 Å². The minimum atomic E-state index is -3.76. The van der Waals surface area contributed by atoms with Crippen molar-refractivity contribution in [2.45, 2.75) is 6.42 Å². The van der Waals surface area contributed by atoms with E-state index in [1.165, 1.54) is 14.2 Å². The summed E-state index contributed by atoms with van der Waals surface area (Å²) in [4.78, 5) is 31.3. The van der Waals surface area contributed by atoms with Crippen LogP contribution in [0.4, 0.5) is 0 Å². The molecule has 0 unspecified atom stereocenters. The van der Waals surface area contributed by atoms with E-state index < -0.39 is 11.8 Å². The summed E-state index contributed by atoms with van der Waals surface area (Å²) in [5.41, 5.74) is 0. The molecule has 1 rings (SSSR count). The fourth-order valence-corrected chi connectivity index (χ4v) is 2.72. The van der Waals surface area contributed by atoms with Gasteiger partial charge in [0.1, 0.15) is 0 Å². The van der Waals surface area contributed by atoms with Crippen LogP contribution in [-0.2, 0) is 26.1 Å². The summed E-state index contributed by atoms with van der Waals surface area (Å²) in [6.07, 6.45) is 5.56. The van der Waals surface area contributed by atoms with Gasteiger partial charge in [-0.2, -0.15) is 0 Å². The SMILES string of the molecule is O=[C]=[CrH](=[C]=O)(=[C]=O)[C]1=CC=CC1. The van der Waals surface area contributed by atoms with Crippen molar-refractivity contribution < 1.29 is 26.1 Å². The summed E-state index contributed by atoms with van der Waals surface area (Å²) < 4.78 is 5.12. The summed E-state index contributed by atoms with van der Waals surface area (Å²) in [6, 6.07) is 0. The molecule has 0 amide bonds. The first-order valence-electron chi connectivity index (χ1n) is 3.22. The molecule has 0 bridgehead atoms. The standard InChI is InChI=1S/C5H5.3CO.Cr.H/c1-2-4-5-3-1;3*1-2;;/h1-3H,4H2;;;;;. The summed E-state index contributed by atoms with van der Waals surface area (Å²) in [7, 11) is 0. The van der Waals surface area contributed by atoms with E-state index in [0.29, 0.717) is 10.9 Å². The molecule has 0 aliphatic heterocycles. The van der Waals surface area contributed by atoms with Gasteiger partial charge in [0.05, 0.1) is 0 Å². The Hall–Kier alpha value is -1.25. The van der Waals surface area contributed by atoms with Gasteiger partial charge in [-0.15, -0.1) is 0 Å². The second-order valence-electron chi connectivity index (χ2n) is 2.23. The van der Waals surface area contributed by atoms with Crippen LogP contribution < -0.4 is 0 Å². The number of hydrogen-bond acceptors (Lipinski definition) is 3. The molecule has 0 fully saturated rings. The zero-order valence-corrected chi connectivity index (χ0v) is 7.51. The van der Waals surface area contributed by atoms with Gasteiger partial charge in [0.2, 0.25) is 0 Å². The van der Waals surface area contributed by atoms with E-state index in [4.69, 9.17) is 0 Å². The van der Waals surface area contributed by atoms with Crippen LogP contribution in [0.2, 0.25) is 0 Å². The topological polar surface area (TPSA) is 51.2 Å². The summed E-state index contributed by atoms with van der Waals surface area (Å²) >= 11 is -3.76. The van der Waals surface area contributed by atoms with E-state index >= 15 is 0 Å². The number of allylic oxidation sites excluding steroid dienone is 4. The summed E-state index contributed by atoms with van der Waals surface area (Å²) in [5.74, 6) is 0. The first-order valence-corrected chi connectivity index (χ1v) is 6.02. The molecule has 1 aliphatic rings. The van der Waals surface area contributed by atoms with Gasteiger partial charge in [0.25, 0.3) is 0 Å². The Labute approximate surface area is 69.9 Å². The Morgan fingerprint density at radius 1 is 1.17 bits per heavy atom. The van der Waals surface area contributed by atoms with E-state index in [0.717, 1.165) is 0 Å². The van der Waals surface area contributed by atoms with Crippen LogP contribution in [0.15, 0.2) is 22.7 Å². The Kier molecular flexibility index (Phi) is 2.53. The van der Waals surface area contributed by atoms with Gasteiger partial charge in [0.15, 0.2) is 0 Å². The average Bonchev–Trinajstić information content (AvgIpc) is 2.62. The van der Waals surface area contributed by atoms with E-state index in [-0.39, 0.29) is 0 Å². The van der Waals surface area contributed by atoms with Crippen LogP contribution in [0, 0.1) is 0 Å². The average molecular weight is 202 g/mol. The van der Waals surface area contributed by atoms with E-state index in [1.54, 1.807) is 18.2 Å². The second kappa shape index (κ2) is 3.43. The fraction of sp³-hybridized carbons (Fsp3) is 0.125. The zero-order valence-electron chi connectivity index (χ0n) is 6.11. The molecule has 0 N–H and O–H groups in total. The molecule has 0 saturated carbocycles. The third-order valence-corrected chi connectivity index (χ3v) is 4.74. The first-order chi connectivity index (χ1) is 5.79. The van der Waals surface area contributed by atoms with E-state index in [1.807, 2.05) is 0 Å². The quantitative estimate of drug-likeness (QED) is 0.597. The maximum atomic E-state index is 10.4. The van der Waals surface area contributed by atoms with Crippen molar-refractivity contribution in [1.82, 2.24) is 0 Å². The van der Waals surface area contributed by atoms with E-state index in [9.17, 15) is 14.4 Å². The molecular weight excluding hydrogens is 196 g/mol. The van der Waals surface area contributed by atoms with Crippen molar-refractivity contribution in [3.63, 3.8) is 0 Å². The van der Waals surface area contributed by atoms with Crippen molar-refractivity contribution in [1.29, 1.82) is 0 Å². The predicted molar refractivity (Wildman–Crippen MR) is 40.3 cm³/mol. The van der Waals surface area contributed by atoms with Crippen molar-refractivity contribution in [3.05, 3.63) is 22.7 Å². The fourth-order valence-electron chi connectivity index (χ4n) is 0.916. The van der Waals surface area contributed by atoms with Crippen LogP contribution in [-0.4, -0.2) is 14.2 Å². The van der Waals surface area contributed by atoms with Crippen molar-refractivity contribution in [2.75, 3.05) is 0 Å². The molecular formula is C8H6CrO3. The number of hydrogen-bond donors (Lipinski definition) is 0. The predicted octanol–water partition coefficient (Wildman–Crippen LogP) is -0.0820. The maximum absolute atomic E-state index is 10.4. The van der Waals surface area contributed by atoms with Crippen molar-refractivity contribution in [2.24, 2.45) is 0 Å². The molecule has 0 heterocycles. The minimum absolute atomic E-state index is 0.479. The van der Waals surface area contributed by atoms with Crippen LogP contribution in [0.3, 0.4) is 0 Å². The Bertz CT molecular complexity index is 458. The molecule has 0 aromatic heterocycles. The third-order valence-electron chi connectivity index (χ3n) is 1.59. The molecule has 62 valence electrons. The van der Waals surface area contributed by atoms with Gasteiger partial charge in [-0.3, -0.25) is 0 Å². The summed E-state index contributed by atoms with van der Waals surface area (Å²) in [6.45, 7) is 0. The molecule has 0 aromatic rings. The molecule has 0 radical (unpaired) electrons. The summed E-state index contributed by atoms with van der Waals surface area (Å²) in [5, 5.41) is 0. The molecule has 0 saturated heterocycles. The molecule has 1 aliphatic carbocycles.